The van der Waals surface area contributed by atoms with Crippen molar-refractivity contribution in [3.8, 4) is 5.69 Å². The van der Waals surface area contributed by atoms with Crippen molar-refractivity contribution in [2.75, 3.05) is 5.43 Å². The molecule has 9 heteroatoms. The van der Waals surface area contributed by atoms with E-state index in [-0.39, 0.29) is 5.02 Å². The van der Waals surface area contributed by atoms with Crippen LogP contribution in [-0.2, 0) is 0 Å². The molecule has 0 atom stereocenters. The fourth-order valence-electron chi connectivity index (χ4n) is 2.03. The summed E-state index contributed by atoms with van der Waals surface area (Å²) in [7, 11) is 0. The van der Waals surface area contributed by atoms with Crippen molar-refractivity contribution in [1.82, 2.24) is 20.0 Å². The summed E-state index contributed by atoms with van der Waals surface area (Å²) in [6, 6.07) is 9.53. The first-order chi connectivity index (χ1) is 11.6. The van der Waals surface area contributed by atoms with Gasteiger partial charge in [0.05, 0.1) is 29.4 Å². The van der Waals surface area contributed by atoms with Crippen LogP contribution in [0.25, 0.3) is 5.69 Å². The number of halogens is 2. The predicted molar refractivity (Wildman–Crippen MR) is 94.4 cm³/mol. The van der Waals surface area contributed by atoms with Gasteiger partial charge in [0, 0.05) is 0 Å². The number of H-pyrrole nitrogens is 1. The van der Waals surface area contributed by atoms with Gasteiger partial charge in [0.1, 0.15) is 15.9 Å². The van der Waals surface area contributed by atoms with Gasteiger partial charge in [-0.2, -0.15) is 15.3 Å². The van der Waals surface area contributed by atoms with Crippen LogP contribution in [0.1, 0.15) is 11.3 Å². The fraction of sp³-hybridized carbons (Fsp3) is 0.0667. The van der Waals surface area contributed by atoms with Crippen molar-refractivity contribution in [2.45, 2.75) is 6.92 Å². The molecule has 0 aliphatic carbocycles. The van der Waals surface area contributed by atoms with Gasteiger partial charge in [0.2, 0.25) is 0 Å². The van der Waals surface area contributed by atoms with Crippen LogP contribution in [0.5, 0.6) is 0 Å². The van der Waals surface area contributed by atoms with Crippen LogP contribution in [0.15, 0.2) is 46.4 Å². The quantitative estimate of drug-likeness (QED) is 0.551. The topological polar surface area (TPSA) is 88.0 Å². The van der Waals surface area contributed by atoms with Gasteiger partial charge < -0.3 is 0 Å². The van der Waals surface area contributed by atoms with Crippen molar-refractivity contribution in [3.63, 3.8) is 0 Å². The number of anilines is 1. The zero-order valence-corrected chi connectivity index (χ0v) is 14.0. The minimum Gasteiger partial charge on any atom is -0.275 e. The highest BCUT2D eigenvalue weighted by atomic mass is 35.5. The third-order valence-corrected chi connectivity index (χ3v) is 3.96. The van der Waals surface area contributed by atoms with E-state index < -0.39 is 5.56 Å². The number of aryl methyl sites for hydroxylation is 1. The van der Waals surface area contributed by atoms with E-state index >= 15 is 0 Å². The minimum atomic E-state index is -0.497. The van der Waals surface area contributed by atoms with Crippen LogP contribution < -0.4 is 11.0 Å². The molecule has 24 heavy (non-hydrogen) atoms. The lowest BCUT2D eigenvalue weighted by Crippen LogP contribution is -2.10. The molecule has 0 bridgehead atoms. The molecular formula is C15H12Cl2N6O. The normalized spacial score (nSPS) is 11.1. The number of hydrogen-bond donors (Lipinski definition) is 2. The van der Waals surface area contributed by atoms with Gasteiger partial charge in [-0.15, -0.1) is 0 Å². The summed E-state index contributed by atoms with van der Waals surface area (Å²) in [5.74, 6) is 0. The molecular weight excluding hydrogens is 351 g/mol. The number of nitrogens with zero attached hydrogens (tertiary/aromatic N) is 4. The zero-order valence-electron chi connectivity index (χ0n) is 12.5. The van der Waals surface area contributed by atoms with Gasteiger partial charge in [0.25, 0.3) is 5.56 Å². The Hall–Kier alpha value is -2.64. The molecule has 0 saturated carbocycles. The monoisotopic (exact) mass is 362 g/mol. The second kappa shape index (κ2) is 6.86. The molecule has 0 fully saturated rings. The molecule has 0 aliphatic heterocycles. The van der Waals surface area contributed by atoms with E-state index in [1.165, 1.54) is 12.4 Å². The van der Waals surface area contributed by atoms with Crippen LogP contribution in [0.4, 0.5) is 5.69 Å². The number of nitrogens with one attached hydrogen (secondary N) is 2. The third-order valence-electron chi connectivity index (χ3n) is 3.22. The number of aromatic nitrogens is 4. The number of hydrogen-bond acceptors (Lipinski definition) is 5. The van der Waals surface area contributed by atoms with E-state index in [0.717, 1.165) is 5.69 Å². The maximum Gasteiger partial charge on any atom is 0.285 e. The molecule has 1 aromatic carbocycles. The Morgan fingerprint density at radius 3 is 2.79 bits per heavy atom. The molecule has 2 N–H and O–H groups in total. The van der Waals surface area contributed by atoms with Crippen molar-refractivity contribution >= 4 is 35.1 Å². The summed E-state index contributed by atoms with van der Waals surface area (Å²) in [6.07, 6.45) is 2.88. The Labute approximate surface area is 146 Å². The molecule has 3 aromatic rings. The molecule has 7 nitrogen and oxygen atoms in total. The fourth-order valence-corrected chi connectivity index (χ4v) is 2.48. The van der Waals surface area contributed by atoms with Crippen LogP contribution in [0.2, 0.25) is 10.2 Å². The van der Waals surface area contributed by atoms with Crippen LogP contribution in [0, 0.1) is 6.92 Å². The Morgan fingerprint density at radius 1 is 1.29 bits per heavy atom. The van der Waals surface area contributed by atoms with E-state index in [1.807, 2.05) is 37.3 Å². The minimum absolute atomic E-state index is 0.0232. The van der Waals surface area contributed by atoms with Gasteiger partial charge in [-0.25, -0.2) is 9.78 Å². The Bertz CT molecular complexity index is 948. The predicted octanol–water partition coefficient (Wildman–Crippen LogP) is 3.02. The number of hydrazone groups is 1. The molecule has 2 aromatic heterocycles. The van der Waals surface area contributed by atoms with Crippen molar-refractivity contribution in [1.29, 1.82) is 0 Å². The zero-order chi connectivity index (χ0) is 17.1. The lowest BCUT2D eigenvalue weighted by atomic mass is 10.3. The summed E-state index contributed by atoms with van der Waals surface area (Å²) < 4.78 is 1.63. The average molecular weight is 363 g/mol. The maximum absolute atomic E-state index is 11.4. The van der Waals surface area contributed by atoms with Crippen molar-refractivity contribution in [3.05, 3.63) is 68.3 Å². The smallest absolute Gasteiger partial charge is 0.275 e. The van der Waals surface area contributed by atoms with E-state index in [9.17, 15) is 4.79 Å². The van der Waals surface area contributed by atoms with Gasteiger partial charge in [-0.3, -0.25) is 10.2 Å². The first-order valence-electron chi connectivity index (χ1n) is 6.90. The molecule has 0 saturated heterocycles. The highest BCUT2D eigenvalue weighted by molar-refractivity contribution is 6.33. The Kier molecular flexibility index (Phi) is 4.64. The van der Waals surface area contributed by atoms with Gasteiger partial charge in [-0.05, 0) is 19.1 Å². The molecule has 0 spiro atoms. The highest BCUT2D eigenvalue weighted by Crippen LogP contribution is 2.22. The van der Waals surface area contributed by atoms with Crippen LogP contribution in [0.3, 0.4) is 0 Å². The Morgan fingerprint density at radius 2 is 2.04 bits per heavy atom. The molecule has 3 rings (SSSR count). The number of para-hydroxylation sites is 1. The first kappa shape index (κ1) is 16.2. The van der Waals surface area contributed by atoms with Gasteiger partial charge in [0.15, 0.2) is 0 Å². The third kappa shape index (κ3) is 3.17. The number of aromatic amines is 1. The molecule has 0 amide bonds. The largest absolute Gasteiger partial charge is 0.285 e. The molecule has 2 heterocycles. The summed E-state index contributed by atoms with van der Waals surface area (Å²) in [5, 5.41) is 14.7. The number of benzene rings is 1. The summed E-state index contributed by atoms with van der Waals surface area (Å²) >= 11 is 12.2. The van der Waals surface area contributed by atoms with Gasteiger partial charge in [-0.1, -0.05) is 41.4 Å². The first-order valence-corrected chi connectivity index (χ1v) is 7.66. The van der Waals surface area contributed by atoms with E-state index in [2.05, 4.69) is 25.8 Å². The average Bonchev–Trinajstić information content (AvgIpc) is 2.87. The lowest BCUT2D eigenvalue weighted by Gasteiger charge is -2.02. The molecule has 0 aliphatic rings. The number of rotatable bonds is 4. The summed E-state index contributed by atoms with van der Waals surface area (Å²) in [5.41, 5.74) is 4.67. The molecule has 122 valence electrons. The van der Waals surface area contributed by atoms with E-state index in [1.54, 1.807) is 4.68 Å². The highest BCUT2D eigenvalue weighted by Gasteiger charge is 2.13. The summed E-state index contributed by atoms with van der Waals surface area (Å²) in [4.78, 5) is 11.4. The van der Waals surface area contributed by atoms with Crippen molar-refractivity contribution in [2.24, 2.45) is 5.10 Å². The van der Waals surface area contributed by atoms with Crippen LogP contribution in [-0.4, -0.2) is 26.2 Å². The van der Waals surface area contributed by atoms with E-state index in [4.69, 9.17) is 23.2 Å². The standard InChI is InChI=1S/C15H12Cl2N6O/c1-9-11(7-18-20-12-8-19-21-15(24)13(12)16)14(17)23(22-9)10-5-3-2-4-6-10/h2-8H,1H3,(H2,20,21,24)/b18-7+. The Balaban J connectivity index is 1.87. The van der Waals surface area contributed by atoms with Gasteiger partial charge >= 0.3 is 0 Å². The lowest BCUT2D eigenvalue weighted by molar-refractivity contribution is 0.863. The van der Waals surface area contributed by atoms with E-state index in [0.29, 0.717) is 22.1 Å². The SMILES string of the molecule is Cc1nn(-c2ccccc2)c(Cl)c1/C=N/Nc1cn[nH]c(=O)c1Cl. The van der Waals surface area contributed by atoms with Crippen molar-refractivity contribution < 1.29 is 0 Å². The molecule has 0 unspecified atom stereocenters. The maximum atomic E-state index is 11.4. The second-order valence-corrected chi connectivity index (χ2v) is 5.57. The molecule has 0 radical (unpaired) electrons. The van der Waals surface area contributed by atoms with Crippen LogP contribution >= 0.6 is 23.2 Å². The summed E-state index contributed by atoms with van der Waals surface area (Å²) in [6.45, 7) is 1.83. The second-order valence-electron chi connectivity index (χ2n) is 4.83.